The number of pyridine rings is 1. The molecule has 1 aliphatic heterocycles. The first-order chi connectivity index (χ1) is 16.9. The zero-order chi connectivity index (χ0) is 24.8. The van der Waals surface area contributed by atoms with Crippen molar-refractivity contribution in [3.63, 3.8) is 0 Å². The van der Waals surface area contributed by atoms with Crippen LogP contribution in [0.5, 0.6) is 5.75 Å². The number of aryl methyl sites for hydroxylation is 1. The Labute approximate surface area is 207 Å². The Balaban J connectivity index is 1.43. The van der Waals surface area contributed by atoms with Crippen molar-refractivity contribution in [2.24, 2.45) is 7.05 Å². The third kappa shape index (κ3) is 6.67. The maximum absolute atomic E-state index is 12.7. The number of hydrogen-bond donors (Lipinski definition) is 3. The average molecular weight is 499 g/mol. The minimum Gasteiger partial charge on any atom is -0.495 e. The summed E-state index contributed by atoms with van der Waals surface area (Å²) < 4.78 is 6.75. The summed E-state index contributed by atoms with van der Waals surface area (Å²) in [7, 11) is 3.32. The average Bonchev–Trinajstić information content (AvgIpc) is 3.25. The van der Waals surface area contributed by atoms with Crippen LogP contribution < -0.4 is 20.7 Å². The molecule has 3 heterocycles. The second-order valence-electron chi connectivity index (χ2n) is 8.26. The Kier molecular flexibility index (Phi) is 7.78. The molecule has 0 radical (unpaired) electrons. The van der Waals surface area contributed by atoms with Crippen molar-refractivity contribution in [1.82, 2.24) is 30.0 Å². The molecule has 11 nitrogen and oxygen atoms in total. The monoisotopic (exact) mass is 498 g/mol. The predicted molar refractivity (Wildman–Crippen MR) is 132 cm³/mol. The normalized spacial score (nSPS) is 18.0. The highest BCUT2D eigenvalue weighted by atomic mass is 35.5. The fraction of sp³-hybridized carbons (Fsp3) is 0.348. The van der Waals surface area contributed by atoms with Crippen LogP contribution in [0.4, 0.5) is 16.4 Å². The van der Waals surface area contributed by atoms with Crippen LogP contribution in [-0.2, 0) is 11.8 Å². The van der Waals surface area contributed by atoms with Gasteiger partial charge in [-0.05, 0) is 42.8 Å². The maximum atomic E-state index is 12.7. The van der Waals surface area contributed by atoms with Crippen molar-refractivity contribution in [2.75, 3.05) is 37.4 Å². The van der Waals surface area contributed by atoms with Gasteiger partial charge in [-0.25, -0.2) is 9.78 Å². The predicted octanol–water partition coefficient (Wildman–Crippen LogP) is 2.49. The second kappa shape index (κ2) is 11.2. The third-order valence-electron chi connectivity index (χ3n) is 5.71. The number of halogens is 1. The number of methoxy groups -OCH3 is 1. The molecule has 0 spiro atoms. The number of carbonyl (C=O) groups is 2. The van der Waals surface area contributed by atoms with Crippen molar-refractivity contribution >= 4 is 35.2 Å². The number of nitrogens with one attached hydrogen (secondary N) is 3. The molecule has 3 amide bonds. The Bertz CT molecular complexity index is 1150. The van der Waals surface area contributed by atoms with E-state index in [1.807, 2.05) is 17.0 Å². The molecule has 0 aliphatic carbocycles. The molecule has 2 atom stereocenters. The number of piperidine rings is 1. The number of aromatic nitrogens is 4. The Morgan fingerprint density at radius 1 is 1.14 bits per heavy atom. The van der Waals surface area contributed by atoms with E-state index in [0.717, 1.165) is 5.69 Å². The zero-order valence-electron chi connectivity index (χ0n) is 19.4. The molecular weight excluding hydrogens is 472 g/mol. The summed E-state index contributed by atoms with van der Waals surface area (Å²) in [5.41, 5.74) is 1.45. The number of ether oxygens (including phenoxy) is 1. The number of urea groups is 1. The first-order valence-electron chi connectivity index (χ1n) is 11.1. The van der Waals surface area contributed by atoms with E-state index in [1.165, 1.54) is 11.0 Å². The minimum atomic E-state index is -0.316. The standard InChI is InChI=1S/C23H27ClN8O3/c1-31-14-26-22(30-31)29-21(33)13-32-10-9-20(18(12-32)19-8-7-17(35-2)11-25-19)28-23(34)27-16-5-3-15(24)4-6-16/h3-8,11,14,18,20H,9-10,12-13H2,1-2H3,(H2,27,28,34)(H,29,30,33)/t18-,20+/m0/s1. The van der Waals surface area contributed by atoms with E-state index in [1.54, 1.807) is 44.6 Å². The first kappa shape index (κ1) is 24.4. The van der Waals surface area contributed by atoms with Gasteiger partial charge in [0, 0.05) is 48.5 Å². The number of amides is 3. The lowest BCUT2D eigenvalue weighted by Crippen LogP contribution is -2.52. The molecule has 0 bridgehead atoms. The molecule has 12 heteroatoms. The SMILES string of the molecule is COc1ccc([C@@H]2CN(CC(=O)Nc3ncn(C)n3)CC[C@H]2NC(=O)Nc2ccc(Cl)cc2)nc1. The summed E-state index contributed by atoms with van der Waals surface area (Å²) in [6.45, 7) is 1.34. The van der Waals surface area contributed by atoms with Crippen molar-refractivity contribution < 1.29 is 14.3 Å². The van der Waals surface area contributed by atoms with Crippen LogP contribution in [-0.4, -0.2) is 69.4 Å². The van der Waals surface area contributed by atoms with Gasteiger partial charge in [0.2, 0.25) is 11.9 Å². The highest BCUT2D eigenvalue weighted by molar-refractivity contribution is 6.30. The molecule has 2 aromatic heterocycles. The van der Waals surface area contributed by atoms with E-state index in [4.69, 9.17) is 16.3 Å². The van der Waals surface area contributed by atoms with Gasteiger partial charge >= 0.3 is 6.03 Å². The van der Waals surface area contributed by atoms with E-state index < -0.39 is 0 Å². The Morgan fingerprint density at radius 3 is 2.60 bits per heavy atom. The third-order valence-corrected chi connectivity index (χ3v) is 5.96. The topological polar surface area (TPSA) is 126 Å². The number of benzene rings is 1. The van der Waals surface area contributed by atoms with Crippen molar-refractivity contribution in [3.8, 4) is 5.75 Å². The van der Waals surface area contributed by atoms with Gasteiger partial charge in [0.1, 0.15) is 12.1 Å². The van der Waals surface area contributed by atoms with Crippen LogP contribution in [0.25, 0.3) is 0 Å². The fourth-order valence-electron chi connectivity index (χ4n) is 4.00. The summed E-state index contributed by atoms with van der Waals surface area (Å²) in [6.07, 6.45) is 3.81. The van der Waals surface area contributed by atoms with Gasteiger partial charge in [-0.3, -0.25) is 24.7 Å². The Morgan fingerprint density at radius 2 is 1.94 bits per heavy atom. The van der Waals surface area contributed by atoms with Gasteiger partial charge in [0.05, 0.1) is 19.9 Å². The molecule has 0 saturated carbocycles. The molecule has 3 aromatic rings. The van der Waals surface area contributed by atoms with Gasteiger partial charge in [-0.15, -0.1) is 5.10 Å². The first-order valence-corrected chi connectivity index (χ1v) is 11.5. The Hall–Kier alpha value is -3.70. The molecule has 184 valence electrons. The summed E-state index contributed by atoms with van der Waals surface area (Å²) in [4.78, 5) is 35.9. The van der Waals surface area contributed by atoms with E-state index in [-0.39, 0.29) is 36.4 Å². The fourth-order valence-corrected chi connectivity index (χ4v) is 4.13. The van der Waals surface area contributed by atoms with Crippen LogP contribution in [0.3, 0.4) is 0 Å². The number of carbonyl (C=O) groups excluding carboxylic acids is 2. The van der Waals surface area contributed by atoms with Crippen LogP contribution >= 0.6 is 11.6 Å². The van der Waals surface area contributed by atoms with E-state index in [2.05, 4.69) is 31.0 Å². The van der Waals surface area contributed by atoms with Crippen LogP contribution in [0.15, 0.2) is 48.9 Å². The highest BCUT2D eigenvalue weighted by Crippen LogP contribution is 2.27. The number of nitrogens with zero attached hydrogens (tertiary/aromatic N) is 5. The summed E-state index contributed by atoms with van der Waals surface area (Å²) in [6, 6.07) is 10.1. The van der Waals surface area contributed by atoms with E-state index >= 15 is 0 Å². The molecule has 1 aromatic carbocycles. The summed E-state index contributed by atoms with van der Waals surface area (Å²) >= 11 is 5.92. The van der Waals surface area contributed by atoms with Crippen LogP contribution in [0.1, 0.15) is 18.0 Å². The van der Waals surface area contributed by atoms with Crippen molar-refractivity contribution in [3.05, 3.63) is 59.6 Å². The summed E-state index contributed by atoms with van der Waals surface area (Å²) in [5, 5.41) is 13.3. The second-order valence-corrected chi connectivity index (χ2v) is 8.69. The number of likely N-dealkylation sites (tertiary alicyclic amines) is 1. The van der Waals surface area contributed by atoms with Crippen LogP contribution in [0.2, 0.25) is 5.02 Å². The van der Waals surface area contributed by atoms with Gasteiger partial charge in [0.25, 0.3) is 0 Å². The van der Waals surface area contributed by atoms with E-state index in [9.17, 15) is 9.59 Å². The lowest BCUT2D eigenvalue weighted by atomic mass is 9.88. The molecule has 1 fully saturated rings. The quantitative estimate of drug-likeness (QED) is 0.456. The van der Waals surface area contributed by atoms with Crippen LogP contribution in [0, 0.1) is 0 Å². The van der Waals surface area contributed by atoms with Gasteiger partial charge in [0.15, 0.2) is 0 Å². The minimum absolute atomic E-state index is 0.133. The number of rotatable bonds is 7. The molecular formula is C23H27ClN8O3. The lowest BCUT2D eigenvalue weighted by Gasteiger charge is -2.38. The van der Waals surface area contributed by atoms with Gasteiger partial charge in [-0.1, -0.05) is 11.6 Å². The summed E-state index contributed by atoms with van der Waals surface area (Å²) in [5.74, 6) is 0.575. The van der Waals surface area contributed by atoms with Crippen molar-refractivity contribution in [2.45, 2.75) is 18.4 Å². The molecule has 4 rings (SSSR count). The van der Waals surface area contributed by atoms with E-state index in [0.29, 0.717) is 36.0 Å². The molecule has 1 aliphatic rings. The highest BCUT2D eigenvalue weighted by Gasteiger charge is 2.33. The van der Waals surface area contributed by atoms with Gasteiger partial charge in [-0.2, -0.15) is 0 Å². The van der Waals surface area contributed by atoms with Gasteiger partial charge < -0.3 is 15.4 Å². The maximum Gasteiger partial charge on any atom is 0.319 e. The molecule has 3 N–H and O–H groups in total. The lowest BCUT2D eigenvalue weighted by molar-refractivity contribution is -0.117. The molecule has 1 saturated heterocycles. The molecule has 35 heavy (non-hydrogen) atoms. The van der Waals surface area contributed by atoms with Crippen molar-refractivity contribution in [1.29, 1.82) is 0 Å². The number of anilines is 2. The largest absolute Gasteiger partial charge is 0.495 e. The number of hydrogen-bond acceptors (Lipinski definition) is 7. The molecule has 0 unspecified atom stereocenters. The zero-order valence-corrected chi connectivity index (χ0v) is 20.2. The smallest absolute Gasteiger partial charge is 0.319 e.